The lowest BCUT2D eigenvalue weighted by Crippen LogP contribution is -2.42. The minimum atomic E-state index is -0.119. The molecular formula is C66H58N2. The van der Waals surface area contributed by atoms with Gasteiger partial charge in [-0.3, -0.25) is 0 Å². The Labute approximate surface area is 402 Å². The molecule has 2 aliphatic rings. The highest BCUT2D eigenvalue weighted by Crippen LogP contribution is 2.63. The van der Waals surface area contributed by atoms with Crippen molar-refractivity contribution in [3.8, 4) is 50.2 Å². The zero-order chi connectivity index (χ0) is 46.7. The minimum Gasteiger partial charge on any atom is -0.310 e. The number of para-hydroxylation sites is 2. The van der Waals surface area contributed by atoms with Crippen molar-refractivity contribution < 1.29 is 0 Å². The molecule has 0 atom stereocenters. The van der Waals surface area contributed by atoms with Crippen molar-refractivity contribution in [3.05, 3.63) is 229 Å². The molecule has 332 valence electrons. The summed E-state index contributed by atoms with van der Waals surface area (Å²) in [6.07, 6.45) is 0. The van der Waals surface area contributed by atoms with Crippen LogP contribution < -0.4 is 4.90 Å². The molecule has 0 fully saturated rings. The zero-order valence-electron chi connectivity index (χ0n) is 40.5. The molecule has 0 unspecified atom stereocenters. The standard InChI is InChI=1S/C66H58N2/c1-63(2)54-28-17-15-25-50(54)62-55(63)29-20-32-60(62)67(47-37-33-44(34-38-47)43-21-11-9-12-22-43)48-39-35-45(36-40-48)52-41-56-57(65(5,6)66(7,8)64(56,3)4)42-53(52)49-27-19-31-59-61(49)51-26-16-18-30-58(51)68(59)46-23-13-10-14-24-46/h9-42H,1-8H3. The molecule has 0 spiro atoms. The number of rotatable bonds is 7. The van der Waals surface area contributed by atoms with Crippen LogP contribution in [0.15, 0.2) is 206 Å². The molecule has 12 rings (SSSR count). The molecule has 0 aliphatic heterocycles. The van der Waals surface area contributed by atoms with Gasteiger partial charge in [-0.05, 0) is 144 Å². The Morgan fingerprint density at radius 1 is 0.368 bits per heavy atom. The van der Waals surface area contributed by atoms with E-state index in [2.05, 4.69) is 271 Å². The van der Waals surface area contributed by atoms with Crippen molar-refractivity contribution >= 4 is 38.9 Å². The van der Waals surface area contributed by atoms with E-state index in [4.69, 9.17) is 0 Å². The lowest BCUT2D eigenvalue weighted by atomic mass is 9.59. The van der Waals surface area contributed by atoms with Crippen LogP contribution in [0, 0.1) is 5.41 Å². The van der Waals surface area contributed by atoms with Crippen molar-refractivity contribution in [1.82, 2.24) is 4.57 Å². The molecular weight excluding hydrogens is 821 g/mol. The van der Waals surface area contributed by atoms with Gasteiger partial charge in [0.1, 0.15) is 0 Å². The van der Waals surface area contributed by atoms with Gasteiger partial charge in [0, 0.05) is 38.8 Å². The van der Waals surface area contributed by atoms with E-state index in [1.54, 1.807) is 0 Å². The van der Waals surface area contributed by atoms with E-state index in [0.717, 1.165) is 11.4 Å². The molecule has 1 heterocycles. The topological polar surface area (TPSA) is 8.17 Å². The van der Waals surface area contributed by atoms with Crippen LogP contribution >= 0.6 is 0 Å². The third-order valence-electron chi connectivity index (χ3n) is 17.1. The fraction of sp³-hybridized carbons (Fsp3) is 0.182. The molecule has 0 saturated heterocycles. The van der Waals surface area contributed by atoms with Crippen LogP contribution in [0.3, 0.4) is 0 Å². The molecule has 0 radical (unpaired) electrons. The summed E-state index contributed by atoms with van der Waals surface area (Å²) in [5, 5.41) is 2.54. The first-order valence-electron chi connectivity index (χ1n) is 24.4. The fourth-order valence-electron chi connectivity index (χ4n) is 12.2. The summed E-state index contributed by atoms with van der Waals surface area (Å²) in [6, 6.07) is 76.9. The third kappa shape index (κ3) is 5.96. The summed E-state index contributed by atoms with van der Waals surface area (Å²) in [6.45, 7) is 19.5. The number of aromatic nitrogens is 1. The van der Waals surface area contributed by atoms with E-state index in [1.807, 2.05) is 0 Å². The van der Waals surface area contributed by atoms with Crippen LogP contribution in [0.1, 0.15) is 77.6 Å². The quantitative estimate of drug-likeness (QED) is 0.155. The van der Waals surface area contributed by atoms with E-state index in [1.165, 1.54) is 99.9 Å². The molecule has 2 nitrogen and oxygen atoms in total. The van der Waals surface area contributed by atoms with Gasteiger partial charge >= 0.3 is 0 Å². The molecule has 1 aromatic heterocycles. The summed E-state index contributed by atoms with van der Waals surface area (Å²) in [4.78, 5) is 2.48. The first-order chi connectivity index (χ1) is 32.8. The van der Waals surface area contributed by atoms with Gasteiger partial charge in [0.25, 0.3) is 0 Å². The number of nitrogens with zero attached hydrogens (tertiary/aromatic N) is 2. The number of hydrogen-bond donors (Lipinski definition) is 0. The highest BCUT2D eigenvalue weighted by atomic mass is 15.1. The van der Waals surface area contributed by atoms with Crippen LogP contribution in [0.4, 0.5) is 17.1 Å². The van der Waals surface area contributed by atoms with E-state index in [0.29, 0.717) is 0 Å². The van der Waals surface area contributed by atoms with Crippen molar-refractivity contribution in [2.24, 2.45) is 5.41 Å². The summed E-state index contributed by atoms with van der Waals surface area (Å²) < 4.78 is 2.44. The van der Waals surface area contributed by atoms with Crippen LogP contribution in [-0.4, -0.2) is 4.57 Å². The van der Waals surface area contributed by atoms with Crippen molar-refractivity contribution in [3.63, 3.8) is 0 Å². The van der Waals surface area contributed by atoms with Gasteiger partial charge < -0.3 is 9.47 Å². The Bertz CT molecular complexity index is 3580. The van der Waals surface area contributed by atoms with Gasteiger partial charge in [0.2, 0.25) is 0 Å². The zero-order valence-corrected chi connectivity index (χ0v) is 40.5. The van der Waals surface area contributed by atoms with E-state index in [9.17, 15) is 0 Å². The Kier molecular flexibility index (Phi) is 9.29. The maximum Gasteiger partial charge on any atom is 0.0547 e. The van der Waals surface area contributed by atoms with Gasteiger partial charge in [-0.15, -0.1) is 0 Å². The highest BCUT2D eigenvalue weighted by molar-refractivity contribution is 6.17. The number of anilines is 3. The molecule has 0 N–H and O–H groups in total. The molecule has 9 aromatic carbocycles. The van der Waals surface area contributed by atoms with E-state index in [-0.39, 0.29) is 21.7 Å². The van der Waals surface area contributed by atoms with Crippen molar-refractivity contribution in [2.45, 2.75) is 71.6 Å². The monoisotopic (exact) mass is 878 g/mol. The maximum atomic E-state index is 2.57. The summed E-state index contributed by atoms with van der Waals surface area (Å²) in [5.41, 5.74) is 22.4. The SMILES string of the molecule is CC1(C)c2ccccc2-c2c(N(c3ccc(-c4ccccc4)cc3)c3ccc(-c4cc5c(cc4-c4cccc6c4c4ccccc4n6-c4ccccc4)C(C)(C)C(C)(C)C5(C)C)cc3)cccc21. The predicted molar refractivity (Wildman–Crippen MR) is 289 cm³/mol. The number of benzene rings is 9. The Balaban J connectivity index is 1.08. The molecule has 10 aromatic rings. The normalized spacial score (nSPS) is 15.8. The molecule has 2 heteroatoms. The van der Waals surface area contributed by atoms with Crippen LogP contribution in [0.5, 0.6) is 0 Å². The summed E-state index contributed by atoms with van der Waals surface area (Å²) in [7, 11) is 0. The third-order valence-corrected chi connectivity index (χ3v) is 17.1. The number of fused-ring (bicyclic) bond motifs is 7. The Hall–Kier alpha value is -7.42. The average Bonchev–Trinajstić information content (AvgIpc) is 3.86. The second-order valence-corrected chi connectivity index (χ2v) is 21.4. The first-order valence-corrected chi connectivity index (χ1v) is 24.4. The summed E-state index contributed by atoms with van der Waals surface area (Å²) >= 11 is 0. The molecule has 2 aliphatic carbocycles. The Morgan fingerprint density at radius 2 is 0.882 bits per heavy atom. The van der Waals surface area contributed by atoms with Gasteiger partial charge in [-0.2, -0.15) is 0 Å². The van der Waals surface area contributed by atoms with Crippen LogP contribution in [0.2, 0.25) is 0 Å². The summed E-state index contributed by atoms with van der Waals surface area (Å²) in [5.74, 6) is 0. The molecule has 68 heavy (non-hydrogen) atoms. The molecule has 0 bridgehead atoms. The van der Waals surface area contributed by atoms with Crippen molar-refractivity contribution in [1.29, 1.82) is 0 Å². The lowest BCUT2D eigenvalue weighted by molar-refractivity contribution is 0.125. The minimum absolute atomic E-state index is 0.0110. The van der Waals surface area contributed by atoms with Gasteiger partial charge in [-0.25, -0.2) is 0 Å². The fourth-order valence-corrected chi connectivity index (χ4v) is 12.2. The average molecular weight is 879 g/mol. The lowest BCUT2D eigenvalue weighted by Gasteiger charge is -2.44. The molecule has 0 saturated carbocycles. The van der Waals surface area contributed by atoms with E-state index < -0.39 is 0 Å². The van der Waals surface area contributed by atoms with Gasteiger partial charge in [-0.1, -0.05) is 195 Å². The van der Waals surface area contributed by atoms with Gasteiger partial charge in [0.05, 0.1) is 16.7 Å². The second-order valence-electron chi connectivity index (χ2n) is 21.4. The second kappa shape index (κ2) is 15.0. The van der Waals surface area contributed by atoms with Crippen LogP contribution in [0.25, 0.3) is 72.0 Å². The largest absolute Gasteiger partial charge is 0.310 e. The van der Waals surface area contributed by atoms with Crippen LogP contribution in [-0.2, 0) is 16.2 Å². The predicted octanol–water partition coefficient (Wildman–Crippen LogP) is 18.2. The molecule has 0 amide bonds. The Morgan fingerprint density at radius 3 is 1.57 bits per heavy atom. The smallest absolute Gasteiger partial charge is 0.0547 e. The van der Waals surface area contributed by atoms with Gasteiger partial charge in [0.15, 0.2) is 0 Å². The van der Waals surface area contributed by atoms with Crippen molar-refractivity contribution in [2.75, 3.05) is 4.90 Å². The first kappa shape index (κ1) is 42.0. The number of hydrogen-bond acceptors (Lipinski definition) is 1. The highest BCUT2D eigenvalue weighted by Gasteiger charge is 2.57. The maximum absolute atomic E-state index is 2.57. The van der Waals surface area contributed by atoms with E-state index >= 15 is 0 Å².